The molecule has 8 heteroatoms. The van der Waals surface area contributed by atoms with Crippen LogP contribution < -0.4 is 4.90 Å². The molecule has 0 spiro atoms. The van der Waals surface area contributed by atoms with Crippen molar-refractivity contribution in [3.05, 3.63) is 59.1 Å². The number of carboxylic acid groups (broad SMARTS) is 1. The molecule has 1 aromatic carbocycles. The molecule has 2 aromatic heterocycles. The van der Waals surface area contributed by atoms with Crippen molar-refractivity contribution < 1.29 is 9.90 Å². The number of nitrogens with zero attached hydrogens (tertiary/aromatic N) is 4. The number of aliphatic carboxylic acids is 1. The van der Waals surface area contributed by atoms with Gasteiger partial charge in [0.1, 0.15) is 5.82 Å². The Kier molecular flexibility index (Phi) is 5.24. The lowest BCUT2D eigenvalue weighted by molar-refractivity contribution is -0.131. The first-order valence-electron chi connectivity index (χ1n) is 8.98. The minimum atomic E-state index is -0.933. The lowest BCUT2D eigenvalue weighted by atomic mass is 10.1. The van der Waals surface area contributed by atoms with Gasteiger partial charge in [-0.15, -0.1) is 0 Å². The van der Waals surface area contributed by atoms with E-state index in [0.29, 0.717) is 22.0 Å². The molecule has 1 aliphatic rings. The average Bonchev–Trinajstić information content (AvgIpc) is 3.36. The molecule has 0 saturated carbocycles. The number of rotatable bonds is 5. The Morgan fingerprint density at radius 1 is 1.36 bits per heavy atom. The van der Waals surface area contributed by atoms with Crippen LogP contribution in [0.1, 0.15) is 19.3 Å². The predicted molar refractivity (Wildman–Crippen MR) is 111 cm³/mol. The summed E-state index contributed by atoms with van der Waals surface area (Å²) in [6.07, 6.45) is 10.9. The van der Waals surface area contributed by atoms with Crippen LogP contribution >= 0.6 is 23.2 Å². The van der Waals surface area contributed by atoms with E-state index in [1.54, 1.807) is 24.7 Å². The van der Waals surface area contributed by atoms with E-state index in [4.69, 9.17) is 33.3 Å². The maximum Gasteiger partial charge on any atom is 0.327 e. The number of aromatic nitrogens is 3. The third-order valence-electron chi connectivity index (χ3n) is 4.96. The largest absolute Gasteiger partial charge is 0.478 e. The second-order valence-corrected chi connectivity index (χ2v) is 7.48. The van der Waals surface area contributed by atoms with Gasteiger partial charge < -0.3 is 14.6 Å². The summed E-state index contributed by atoms with van der Waals surface area (Å²) in [5, 5.41) is 10.6. The molecule has 3 heterocycles. The van der Waals surface area contributed by atoms with Crippen molar-refractivity contribution in [2.45, 2.75) is 25.3 Å². The van der Waals surface area contributed by atoms with Gasteiger partial charge in [0.2, 0.25) is 0 Å². The molecule has 6 nitrogen and oxygen atoms in total. The summed E-state index contributed by atoms with van der Waals surface area (Å²) in [4.78, 5) is 21.9. The summed E-state index contributed by atoms with van der Waals surface area (Å²) in [7, 11) is 0. The molecule has 1 fully saturated rings. The Balaban J connectivity index is 1.81. The Bertz CT molecular complexity index is 1050. The fourth-order valence-electron chi connectivity index (χ4n) is 3.67. The van der Waals surface area contributed by atoms with Gasteiger partial charge >= 0.3 is 5.97 Å². The summed E-state index contributed by atoms with van der Waals surface area (Å²) in [6, 6.07) is 5.89. The van der Waals surface area contributed by atoms with Crippen LogP contribution in [0.5, 0.6) is 0 Å². The summed E-state index contributed by atoms with van der Waals surface area (Å²) in [6.45, 7) is 0.853. The minimum absolute atomic E-state index is 0.189. The van der Waals surface area contributed by atoms with Gasteiger partial charge in [0.15, 0.2) is 0 Å². The maximum absolute atomic E-state index is 10.8. The fraction of sp³-hybridized carbons (Fsp3) is 0.250. The van der Waals surface area contributed by atoms with Crippen molar-refractivity contribution in [3.63, 3.8) is 0 Å². The summed E-state index contributed by atoms with van der Waals surface area (Å²) in [5.74, 6) is -0.135. The number of halogens is 2. The van der Waals surface area contributed by atoms with Gasteiger partial charge in [-0.25, -0.2) is 14.8 Å². The van der Waals surface area contributed by atoms with E-state index in [9.17, 15) is 4.79 Å². The molecular formula is C20H18Cl2N4O2. The first kappa shape index (κ1) is 18.8. The van der Waals surface area contributed by atoms with Crippen molar-refractivity contribution in [3.8, 4) is 5.69 Å². The zero-order valence-electron chi connectivity index (χ0n) is 14.9. The Morgan fingerprint density at radius 3 is 2.96 bits per heavy atom. The number of hydrogen-bond donors (Lipinski definition) is 1. The fourth-order valence-corrected chi connectivity index (χ4v) is 4.03. The Morgan fingerprint density at radius 2 is 2.21 bits per heavy atom. The summed E-state index contributed by atoms with van der Waals surface area (Å²) >= 11 is 12.7. The molecule has 1 N–H and O–H groups in total. The second kappa shape index (κ2) is 7.81. The van der Waals surface area contributed by atoms with Crippen LogP contribution in [-0.2, 0) is 4.79 Å². The standard InChI is InChI=1S/C20H18Cl2N4O2/c21-15-7-6-14-16(25-10-8-23-12-25)11-17(24-20(14)19(15)22)26-9-2-4-13(26)3-1-5-18(27)28/h1,5-8,10-13H,2-4,9H2,(H,27,28)/b5-1+/t13-/m1/s1. The molecule has 144 valence electrons. The molecule has 0 bridgehead atoms. The number of anilines is 1. The van der Waals surface area contributed by atoms with Gasteiger partial charge in [-0.3, -0.25) is 0 Å². The van der Waals surface area contributed by atoms with Crippen LogP contribution in [0.15, 0.2) is 49.1 Å². The highest BCUT2D eigenvalue weighted by Gasteiger charge is 2.26. The molecule has 0 unspecified atom stereocenters. The van der Waals surface area contributed by atoms with Crippen LogP contribution in [0.25, 0.3) is 16.6 Å². The Hall–Kier alpha value is -2.57. The number of fused-ring (bicyclic) bond motifs is 1. The molecular weight excluding hydrogens is 399 g/mol. The monoisotopic (exact) mass is 416 g/mol. The number of benzene rings is 1. The van der Waals surface area contributed by atoms with E-state index in [0.717, 1.165) is 36.3 Å². The van der Waals surface area contributed by atoms with Gasteiger partial charge in [-0.2, -0.15) is 0 Å². The lowest BCUT2D eigenvalue weighted by Gasteiger charge is -2.26. The molecule has 1 aliphatic heterocycles. The van der Waals surface area contributed by atoms with Crippen LogP contribution in [0, 0.1) is 0 Å². The van der Waals surface area contributed by atoms with Crippen molar-refractivity contribution in [1.29, 1.82) is 0 Å². The van der Waals surface area contributed by atoms with E-state index in [1.807, 2.05) is 22.9 Å². The van der Waals surface area contributed by atoms with Gasteiger partial charge in [0.25, 0.3) is 0 Å². The highest BCUT2D eigenvalue weighted by molar-refractivity contribution is 6.45. The van der Waals surface area contributed by atoms with E-state index in [-0.39, 0.29) is 6.04 Å². The second-order valence-electron chi connectivity index (χ2n) is 6.69. The molecule has 4 rings (SSSR count). The lowest BCUT2D eigenvalue weighted by Crippen LogP contribution is -2.29. The first-order chi connectivity index (χ1) is 13.5. The van der Waals surface area contributed by atoms with E-state index < -0.39 is 5.97 Å². The predicted octanol–water partition coefficient (Wildman–Crippen LogP) is 4.73. The van der Waals surface area contributed by atoms with Gasteiger partial charge in [-0.05, 0) is 31.4 Å². The third-order valence-corrected chi connectivity index (χ3v) is 5.75. The first-order valence-corrected chi connectivity index (χ1v) is 9.73. The molecule has 0 radical (unpaired) electrons. The number of pyridine rings is 1. The topological polar surface area (TPSA) is 71.2 Å². The van der Waals surface area contributed by atoms with Crippen molar-refractivity contribution in [2.24, 2.45) is 0 Å². The molecule has 3 aromatic rings. The molecule has 1 atom stereocenters. The van der Waals surface area contributed by atoms with E-state index >= 15 is 0 Å². The molecule has 28 heavy (non-hydrogen) atoms. The average molecular weight is 417 g/mol. The SMILES string of the molecule is O=C(O)/C=C/C[C@@H]1CCCN1c1cc(-n2ccnc2)c2ccc(Cl)c(Cl)c2n1. The number of carboxylic acids is 1. The highest BCUT2D eigenvalue weighted by Crippen LogP contribution is 2.36. The zero-order valence-corrected chi connectivity index (χ0v) is 16.4. The van der Waals surface area contributed by atoms with Crippen molar-refractivity contribution >= 4 is 45.9 Å². The van der Waals surface area contributed by atoms with Crippen LogP contribution in [0.4, 0.5) is 5.82 Å². The van der Waals surface area contributed by atoms with Crippen LogP contribution in [0.2, 0.25) is 10.0 Å². The molecule has 0 amide bonds. The summed E-state index contributed by atoms with van der Waals surface area (Å²) in [5.41, 5.74) is 1.56. The van der Waals surface area contributed by atoms with Gasteiger partial charge in [0.05, 0.1) is 27.6 Å². The smallest absolute Gasteiger partial charge is 0.327 e. The Labute approximate surface area is 172 Å². The van der Waals surface area contributed by atoms with Crippen molar-refractivity contribution in [2.75, 3.05) is 11.4 Å². The normalized spacial score (nSPS) is 17.1. The number of imidazole rings is 1. The maximum atomic E-state index is 10.8. The van der Waals surface area contributed by atoms with Gasteiger partial charge in [0, 0.05) is 42.5 Å². The number of carbonyl (C=O) groups is 1. The third kappa shape index (κ3) is 3.57. The van der Waals surface area contributed by atoms with Crippen LogP contribution in [-0.4, -0.2) is 38.2 Å². The molecule has 1 saturated heterocycles. The van der Waals surface area contributed by atoms with Gasteiger partial charge in [-0.1, -0.05) is 29.3 Å². The highest BCUT2D eigenvalue weighted by atomic mass is 35.5. The number of hydrogen-bond acceptors (Lipinski definition) is 4. The van der Waals surface area contributed by atoms with Crippen LogP contribution in [0.3, 0.4) is 0 Å². The zero-order chi connectivity index (χ0) is 19.7. The minimum Gasteiger partial charge on any atom is -0.478 e. The summed E-state index contributed by atoms with van der Waals surface area (Å²) < 4.78 is 1.92. The van der Waals surface area contributed by atoms with Crippen molar-refractivity contribution in [1.82, 2.24) is 14.5 Å². The van der Waals surface area contributed by atoms with E-state index in [2.05, 4.69) is 9.88 Å². The molecule has 0 aliphatic carbocycles. The van der Waals surface area contributed by atoms with E-state index in [1.165, 1.54) is 6.08 Å². The quantitative estimate of drug-likeness (QED) is 0.608.